The van der Waals surface area contributed by atoms with E-state index in [1.54, 1.807) is 6.08 Å². The molecule has 1 atom stereocenters. The predicted molar refractivity (Wildman–Crippen MR) is 159 cm³/mol. The maximum atomic E-state index is 12.7. The molecule has 1 aliphatic carbocycles. The van der Waals surface area contributed by atoms with E-state index in [1.165, 1.54) is 76.2 Å². The lowest BCUT2D eigenvalue weighted by Crippen LogP contribution is -2.32. The van der Waals surface area contributed by atoms with Crippen LogP contribution >= 0.6 is 0 Å². The molecule has 0 heterocycles. The van der Waals surface area contributed by atoms with Gasteiger partial charge < -0.3 is 4.74 Å². The molecule has 0 saturated heterocycles. The van der Waals surface area contributed by atoms with E-state index in [0.717, 1.165) is 31.3 Å². The molecule has 0 spiro atoms. The van der Waals surface area contributed by atoms with Crippen molar-refractivity contribution in [1.29, 1.82) is 0 Å². The van der Waals surface area contributed by atoms with Gasteiger partial charge in [0.1, 0.15) is 6.10 Å². The zero-order chi connectivity index (χ0) is 27.4. The summed E-state index contributed by atoms with van der Waals surface area (Å²) in [5.74, 6) is -0.0849. The number of hydrogen-bond donors (Lipinski definition) is 0. The molecule has 3 heteroatoms. The summed E-state index contributed by atoms with van der Waals surface area (Å²) >= 11 is 0. The maximum absolute atomic E-state index is 12.7. The molecule has 0 saturated carbocycles. The Morgan fingerprint density at radius 1 is 0.919 bits per heavy atom. The normalized spacial score (nSPS) is 22.4. The molecule has 0 aromatic rings. The molecule has 0 radical (unpaired) electrons. The summed E-state index contributed by atoms with van der Waals surface area (Å²) in [5.41, 5.74) is 1.64. The zero-order valence-corrected chi connectivity index (χ0v) is 24.8. The first-order valence-electron chi connectivity index (χ1n) is 15.2. The largest absolute Gasteiger partial charge is 0.461 e. The van der Waals surface area contributed by atoms with Crippen LogP contribution in [-0.2, 0) is 14.3 Å². The highest BCUT2D eigenvalue weighted by molar-refractivity contribution is 6.03. The molecular formula is C34H56O3. The van der Waals surface area contributed by atoms with E-state index >= 15 is 0 Å². The topological polar surface area (TPSA) is 43.4 Å². The van der Waals surface area contributed by atoms with Gasteiger partial charge in [-0.15, -0.1) is 0 Å². The standard InChI is InChI=1S/C34H56O3/c1-6-7-8-9-10-11-12-13-14-15-16-17-18-19-20-24-33(36)37-32-26-25-29(2)22-21-23-30(3)31(35)27-28-34(32,4)5/h13-14,23,25,27-28,32H,6-12,15-22,24,26H2,1-5H3/b14-13-,28-27+,29-25+,30-23+/t32-/m1/s1. The third-order valence-corrected chi connectivity index (χ3v) is 7.47. The van der Waals surface area contributed by atoms with Gasteiger partial charge in [0.15, 0.2) is 5.78 Å². The number of rotatable bonds is 16. The van der Waals surface area contributed by atoms with Gasteiger partial charge >= 0.3 is 5.97 Å². The van der Waals surface area contributed by atoms with Gasteiger partial charge in [-0.3, -0.25) is 9.59 Å². The number of allylic oxidation sites excluding steroid dienone is 6. The second-order valence-electron chi connectivity index (χ2n) is 11.5. The Morgan fingerprint density at radius 2 is 1.51 bits per heavy atom. The van der Waals surface area contributed by atoms with E-state index in [0.29, 0.717) is 12.8 Å². The SMILES string of the molecule is CCCCCCCC/C=C\CCCCCCCC(=O)O[C@@H]1C/C=C(\C)CC/C=C(\C)C(=O)/C=C/C1(C)C. The molecule has 0 fully saturated rings. The smallest absolute Gasteiger partial charge is 0.306 e. The molecule has 37 heavy (non-hydrogen) atoms. The van der Waals surface area contributed by atoms with E-state index < -0.39 is 5.41 Å². The van der Waals surface area contributed by atoms with Crippen molar-refractivity contribution in [2.75, 3.05) is 0 Å². The van der Waals surface area contributed by atoms with Crippen molar-refractivity contribution < 1.29 is 14.3 Å². The van der Waals surface area contributed by atoms with Crippen molar-refractivity contribution in [2.24, 2.45) is 5.41 Å². The summed E-state index contributed by atoms with van der Waals surface area (Å²) in [6.07, 6.45) is 31.3. The summed E-state index contributed by atoms with van der Waals surface area (Å²) in [6.45, 7) is 10.3. The van der Waals surface area contributed by atoms with Gasteiger partial charge in [0.2, 0.25) is 0 Å². The van der Waals surface area contributed by atoms with Crippen LogP contribution in [-0.4, -0.2) is 17.9 Å². The summed E-state index contributed by atoms with van der Waals surface area (Å²) in [6, 6.07) is 0. The molecule has 0 unspecified atom stereocenters. The Hall–Kier alpha value is -1.90. The summed E-state index contributed by atoms with van der Waals surface area (Å²) < 4.78 is 5.97. The van der Waals surface area contributed by atoms with Gasteiger partial charge in [0.25, 0.3) is 0 Å². The molecule has 0 aromatic carbocycles. The highest BCUT2D eigenvalue weighted by Gasteiger charge is 2.30. The zero-order valence-electron chi connectivity index (χ0n) is 24.8. The van der Waals surface area contributed by atoms with Gasteiger partial charge in [-0.1, -0.05) is 108 Å². The van der Waals surface area contributed by atoms with Crippen LogP contribution in [0.2, 0.25) is 0 Å². The number of carbonyl (C=O) groups excluding carboxylic acids is 2. The van der Waals surface area contributed by atoms with Crippen molar-refractivity contribution in [3.63, 3.8) is 0 Å². The lowest BCUT2D eigenvalue weighted by Gasteiger charge is -2.31. The monoisotopic (exact) mass is 512 g/mol. The number of ether oxygens (including phenoxy) is 1. The average molecular weight is 513 g/mol. The number of carbonyl (C=O) groups is 2. The Kier molecular flexibility index (Phi) is 18.0. The van der Waals surface area contributed by atoms with Crippen LogP contribution in [0.4, 0.5) is 0 Å². The van der Waals surface area contributed by atoms with Gasteiger partial charge in [-0.25, -0.2) is 0 Å². The van der Waals surface area contributed by atoms with E-state index in [2.05, 4.69) is 32.1 Å². The van der Waals surface area contributed by atoms with E-state index in [9.17, 15) is 9.59 Å². The van der Waals surface area contributed by atoms with Crippen LogP contribution in [0, 0.1) is 5.41 Å². The maximum Gasteiger partial charge on any atom is 0.306 e. The third kappa shape index (κ3) is 16.5. The molecule has 210 valence electrons. The number of ketones is 1. The van der Waals surface area contributed by atoms with Gasteiger partial charge in [0, 0.05) is 18.3 Å². The Balaban J connectivity index is 2.30. The second kappa shape index (κ2) is 20.1. The minimum Gasteiger partial charge on any atom is -0.461 e. The third-order valence-electron chi connectivity index (χ3n) is 7.47. The average Bonchev–Trinajstić information content (AvgIpc) is 2.86. The quantitative estimate of drug-likeness (QED) is 0.117. The van der Waals surface area contributed by atoms with Gasteiger partial charge in [-0.05, 0) is 70.4 Å². The fourth-order valence-electron chi connectivity index (χ4n) is 4.62. The number of unbranched alkanes of at least 4 members (excludes halogenated alkanes) is 11. The highest BCUT2D eigenvalue weighted by atomic mass is 16.5. The Labute approximate surface area is 228 Å². The Morgan fingerprint density at radius 3 is 2.16 bits per heavy atom. The first-order chi connectivity index (χ1) is 17.8. The summed E-state index contributed by atoms with van der Waals surface area (Å²) in [7, 11) is 0. The number of esters is 1. The van der Waals surface area contributed by atoms with E-state index in [-0.39, 0.29) is 17.9 Å². The van der Waals surface area contributed by atoms with Crippen molar-refractivity contribution in [3.8, 4) is 0 Å². The van der Waals surface area contributed by atoms with Crippen LogP contribution < -0.4 is 0 Å². The summed E-state index contributed by atoms with van der Waals surface area (Å²) in [4.78, 5) is 25.1. The molecule has 0 aromatic heterocycles. The Bertz CT molecular complexity index is 766. The van der Waals surface area contributed by atoms with Crippen LogP contribution in [0.5, 0.6) is 0 Å². The lowest BCUT2D eigenvalue weighted by molar-refractivity contribution is -0.153. The minimum absolute atomic E-state index is 0.0358. The van der Waals surface area contributed by atoms with Crippen molar-refractivity contribution >= 4 is 11.8 Å². The fourth-order valence-corrected chi connectivity index (χ4v) is 4.62. The van der Waals surface area contributed by atoms with Gasteiger partial charge in [0.05, 0.1) is 0 Å². The molecular weight excluding hydrogens is 456 g/mol. The van der Waals surface area contributed by atoms with Gasteiger partial charge in [-0.2, -0.15) is 0 Å². The molecule has 0 amide bonds. The predicted octanol–water partition coefficient (Wildman–Crippen LogP) is 10.2. The van der Waals surface area contributed by atoms with Crippen LogP contribution in [0.3, 0.4) is 0 Å². The first-order valence-corrected chi connectivity index (χ1v) is 15.2. The van der Waals surface area contributed by atoms with Crippen LogP contribution in [0.25, 0.3) is 0 Å². The molecule has 0 bridgehead atoms. The van der Waals surface area contributed by atoms with Crippen molar-refractivity contribution in [2.45, 2.75) is 150 Å². The molecule has 0 N–H and O–H groups in total. The van der Waals surface area contributed by atoms with Crippen LogP contribution in [0.15, 0.2) is 47.6 Å². The highest BCUT2D eigenvalue weighted by Crippen LogP contribution is 2.30. The van der Waals surface area contributed by atoms with E-state index in [4.69, 9.17) is 4.74 Å². The number of hydrogen-bond acceptors (Lipinski definition) is 3. The lowest BCUT2D eigenvalue weighted by atomic mass is 9.83. The van der Waals surface area contributed by atoms with E-state index in [1.807, 2.05) is 32.9 Å². The molecule has 1 aliphatic rings. The second-order valence-corrected chi connectivity index (χ2v) is 11.5. The molecule has 0 aliphatic heterocycles. The summed E-state index contributed by atoms with van der Waals surface area (Å²) in [5, 5.41) is 0. The first kappa shape index (κ1) is 33.1. The minimum atomic E-state index is -0.413. The van der Waals surface area contributed by atoms with Crippen LogP contribution in [0.1, 0.15) is 144 Å². The van der Waals surface area contributed by atoms with Crippen molar-refractivity contribution in [3.05, 3.63) is 47.6 Å². The molecule has 3 nitrogen and oxygen atoms in total. The fraction of sp³-hybridized carbons (Fsp3) is 0.706. The molecule has 1 rings (SSSR count). The van der Waals surface area contributed by atoms with Crippen molar-refractivity contribution in [1.82, 2.24) is 0 Å².